The molecule has 1 saturated heterocycles. The molecule has 0 amide bonds. The zero-order valence-electron chi connectivity index (χ0n) is 6.99. The summed E-state index contributed by atoms with van der Waals surface area (Å²) in [5.74, 6) is 0.301. The fourth-order valence-electron chi connectivity index (χ4n) is 1.46. The van der Waals surface area contributed by atoms with Crippen molar-refractivity contribution in [1.29, 1.82) is 0 Å². The molecule has 2 unspecified atom stereocenters. The number of nitrogens with zero attached hydrogens (tertiary/aromatic N) is 1. The predicted molar refractivity (Wildman–Crippen MR) is 46.9 cm³/mol. The summed E-state index contributed by atoms with van der Waals surface area (Å²) in [5.41, 5.74) is 0. The molecule has 0 aliphatic carbocycles. The fourth-order valence-corrected chi connectivity index (χ4v) is 1.46. The fraction of sp³-hybridized carbons (Fsp3) is 1.00. The lowest BCUT2D eigenvalue weighted by molar-refractivity contribution is 0.114. The first-order chi connectivity index (χ1) is 5.24. The standard InChI is InChI=1S/C7H13B2NO/c1-11-5-7-4-6(8)2-3-10(7)9/h6-7H,2-5H2,1H3. The third-order valence-corrected chi connectivity index (χ3v) is 2.16. The maximum Gasteiger partial charge on any atom is 0.182 e. The van der Waals surface area contributed by atoms with Crippen LogP contribution in [0, 0.1) is 0 Å². The highest BCUT2D eigenvalue weighted by Gasteiger charge is 2.21. The molecule has 1 aliphatic rings. The first-order valence-corrected chi connectivity index (χ1v) is 4.00. The zero-order valence-corrected chi connectivity index (χ0v) is 6.99. The summed E-state index contributed by atoms with van der Waals surface area (Å²) in [7, 11) is 13.2. The van der Waals surface area contributed by atoms with Gasteiger partial charge in [-0.3, -0.25) is 0 Å². The van der Waals surface area contributed by atoms with Crippen molar-refractivity contribution in [2.24, 2.45) is 0 Å². The van der Waals surface area contributed by atoms with Crippen molar-refractivity contribution in [2.45, 2.75) is 24.7 Å². The van der Waals surface area contributed by atoms with E-state index in [1.807, 2.05) is 4.81 Å². The number of methoxy groups -OCH3 is 1. The highest BCUT2D eigenvalue weighted by atomic mass is 16.5. The Balaban J connectivity index is 2.34. The zero-order chi connectivity index (χ0) is 8.27. The van der Waals surface area contributed by atoms with Crippen molar-refractivity contribution in [2.75, 3.05) is 20.3 Å². The van der Waals surface area contributed by atoms with Crippen molar-refractivity contribution in [3.63, 3.8) is 0 Å². The molecule has 1 heterocycles. The molecular formula is C7H13B2NO. The number of hydrogen-bond donors (Lipinski definition) is 0. The van der Waals surface area contributed by atoms with E-state index in [-0.39, 0.29) is 0 Å². The van der Waals surface area contributed by atoms with E-state index in [2.05, 4.69) is 0 Å². The molecule has 58 valence electrons. The molecule has 4 radical (unpaired) electrons. The Hall–Kier alpha value is 0.0499. The second kappa shape index (κ2) is 4.17. The Bertz CT molecular complexity index is 123. The second-order valence-electron chi connectivity index (χ2n) is 3.13. The maximum absolute atomic E-state index is 5.78. The molecule has 0 aromatic rings. The van der Waals surface area contributed by atoms with Gasteiger partial charge in [-0.05, 0) is 19.4 Å². The molecule has 1 rings (SSSR count). The Morgan fingerprint density at radius 2 is 2.36 bits per heavy atom. The summed E-state index contributed by atoms with van der Waals surface area (Å²) in [6, 6.07) is 0.309. The van der Waals surface area contributed by atoms with E-state index in [1.165, 1.54) is 0 Å². The van der Waals surface area contributed by atoms with Gasteiger partial charge in [-0.15, -0.1) is 0 Å². The van der Waals surface area contributed by atoms with Crippen LogP contribution in [0.25, 0.3) is 0 Å². The van der Waals surface area contributed by atoms with Crippen LogP contribution < -0.4 is 0 Å². The van der Waals surface area contributed by atoms with E-state index >= 15 is 0 Å². The van der Waals surface area contributed by atoms with Gasteiger partial charge in [-0.2, -0.15) is 0 Å². The highest BCUT2D eigenvalue weighted by molar-refractivity contribution is 6.12. The Labute approximate surface area is 71.1 Å². The van der Waals surface area contributed by atoms with Crippen LogP contribution in [-0.4, -0.2) is 46.9 Å². The molecule has 0 aromatic carbocycles. The van der Waals surface area contributed by atoms with Crippen LogP contribution in [0.2, 0.25) is 5.82 Å². The normalized spacial score (nSPS) is 33.9. The van der Waals surface area contributed by atoms with Gasteiger partial charge in [-0.25, -0.2) is 0 Å². The van der Waals surface area contributed by atoms with Gasteiger partial charge < -0.3 is 9.55 Å². The summed E-state index contributed by atoms with van der Waals surface area (Å²) in [6.45, 7) is 1.57. The summed E-state index contributed by atoms with van der Waals surface area (Å²) in [6.07, 6.45) is 1.95. The molecule has 0 saturated carbocycles. The SMILES string of the molecule is [B]C1CCN([B])C(COC)C1. The second-order valence-corrected chi connectivity index (χ2v) is 3.13. The largest absolute Gasteiger partial charge is 0.383 e. The smallest absolute Gasteiger partial charge is 0.182 e. The molecular weight excluding hydrogens is 136 g/mol. The Morgan fingerprint density at radius 1 is 1.64 bits per heavy atom. The maximum atomic E-state index is 5.78. The third kappa shape index (κ3) is 2.53. The van der Waals surface area contributed by atoms with Crippen molar-refractivity contribution in [1.82, 2.24) is 4.81 Å². The topological polar surface area (TPSA) is 12.5 Å². The Kier molecular flexibility index (Phi) is 3.46. The van der Waals surface area contributed by atoms with E-state index in [4.69, 9.17) is 20.6 Å². The van der Waals surface area contributed by atoms with Crippen LogP contribution in [0.4, 0.5) is 0 Å². The van der Waals surface area contributed by atoms with Crippen molar-refractivity contribution in [3.05, 3.63) is 0 Å². The summed E-state index contributed by atoms with van der Waals surface area (Å²) < 4.78 is 5.02. The van der Waals surface area contributed by atoms with Gasteiger partial charge in [0.2, 0.25) is 0 Å². The van der Waals surface area contributed by atoms with Crippen molar-refractivity contribution in [3.8, 4) is 0 Å². The van der Waals surface area contributed by atoms with Crippen LogP contribution in [0.15, 0.2) is 0 Å². The molecule has 11 heavy (non-hydrogen) atoms. The van der Waals surface area contributed by atoms with Crippen molar-refractivity contribution >= 4 is 15.8 Å². The van der Waals surface area contributed by atoms with Crippen LogP contribution in [-0.2, 0) is 4.74 Å². The van der Waals surface area contributed by atoms with Gasteiger partial charge in [0.05, 0.1) is 14.5 Å². The van der Waals surface area contributed by atoms with Gasteiger partial charge >= 0.3 is 0 Å². The van der Waals surface area contributed by atoms with Gasteiger partial charge in [0.25, 0.3) is 0 Å². The molecule has 4 heteroatoms. The molecule has 1 fully saturated rings. The number of piperidine rings is 1. The lowest BCUT2D eigenvalue weighted by atomic mass is 9.76. The summed E-state index contributed by atoms with van der Waals surface area (Å²) in [4.78, 5) is 1.83. The van der Waals surface area contributed by atoms with Crippen LogP contribution in [0.1, 0.15) is 12.8 Å². The minimum Gasteiger partial charge on any atom is -0.383 e. The highest BCUT2D eigenvalue weighted by Crippen LogP contribution is 2.22. The first-order valence-electron chi connectivity index (χ1n) is 4.00. The summed E-state index contributed by atoms with van der Waals surface area (Å²) in [5, 5.41) is 0. The van der Waals surface area contributed by atoms with Crippen LogP contribution >= 0.6 is 0 Å². The molecule has 0 bridgehead atoms. The first kappa shape index (κ1) is 9.14. The van der Waals surface area contributed by atoms with Gasteiger partial charge in [0.1, 0.15) is 0 Å². The average Bonchev–Trinajstić information content (AvgIpc) is 1.98. The molecule has 0 spiro atoms. The monoisotopic (exact) mass is 149 g/mol. The van der Waals surface area contributed by atoms with Crippen molar-refractivity contribution < 1.29 is 4.74 Å². The molecule has 1 aliphatic heterocycles. The molecule has 2 nitrogen and oxygen atoms in total. The van der Waals surface area contributed by atoms with E-state index in [1.54, 1.807) is 7.11 Å². The average molecular weight is 149 g/mol. The number of ether oxygens (including phenoxy) is 1. The van der Waals surface area contributed by atoms with E-state index in [0.717, 1.165) is 19.4 Å². The Morgan fingerprint density at radius 3 is 3.00 bits per heavy atom. The van der Waals surface area contributed by atoms with Gasteiger partial charge in [0.15, 0.2) is 7.98 Å². The van der Waals surface area contributed by atoms with Gasteiger partial charge in [-0.1, -0.05) is 5.82 Å². The molecule has 0 aromatic heterocycles. The quantitative estimate of drug-likeness (QED) is 0.517. The van der Waals surface area contributed by atoms with Crippen LogP contribution in [0.3, 0.4) is 0 Å². The predicted octanol–water partition coefficient (Wildman–Crippen LogP) is 0.138. The summed E-state index contributed by atoms with van der Waals surface area (Å²) >= 11 is 0. The number of rotatable bonds is 2. The lowest BCUT2D eigenvalue weighted by Gasteiger charge is -2.36. The van der Waals surface area contributed by atoms with E-state index in [0.29, 0.717) is 18.5 Å². The van der Waals surface area contributed by atoms with E-state index in [9.17, 15) is 0 Å². The number of hydrogen-bond acceptors (Lipinski definition) is 2. The molecule has 0 N–H and O–H groups in total. The lowest BCUT2D eigenvalue weighted by Crippen LogP contribution is -2.42. The minimum atomic E-state index is 0.301. The minimum absolute atomic E-state index is 0.301. The van der Waals surface area contributed by atoms with Crippen LogP contribution in [0.5, 0.6) is 0 Å². The van der Waals surface area contributed by atoms with E-state index < -0.39 is 0 Å². The molecule has 2 atom stereocenters. The third-order valence-electron chi connectivity index (χ3n) is 2.16. The van der Waals surface area contributed by atoms with Gasteiger partial charge in [0, 0.05) is 13.2 Å².